The second kappa shape index (κ2) is 15.1. The minimum atomic E-state index is 0.377. The van der Waals surface area contributed by atoms with Crippen LogP contribution in [0.5, 0.6) is 0 Å². The van der Waals surface area contributed by atoms with Crippen molar-refractivity contribution < 1.29 is 5.32 Å². The molecule has 7 atom stereocenters. The van der Waals surface area contributed by atoms with Gasteiger partial charge in [0.25, 0.3) is 0 Å². The number of nitrogens with one attached hydrogen (secondary N) is 2. The van der Waals surface area contributed by atoms with Crippen LogP contribution in [0.1, 0.15) is 164 Å². The zero-order valence-electron chi connectivity index (χ0n) is 31.7. The summed E-state index contributed by atoms with van der Waals surface area (Å²) < 4.78 is 0. The molecule has 7 aliphatic carbocycles. The van der Waals surface area contributed by atoms with E-state index in [-0.39, 0.29) is 0 Å². The number of allylic oxidation sites excluding steroid dienone is 3. The highest BCUT2D eigenvalue weighted by Gasteiger charge is 2.48. The molecule has 0 bridgehead atoms. The summed E-state index contributed by atoms with van der Waals surface area (Å²) in [4.78, 5) is 3.31. The lowest BCUT2D eigenvalue weighted by atomic mass is 9.59. The van der Waals surface area contributed by atoms with Crippen molar-refractivity contribution in [2.45, 2.75) is 177 Å². The van der Waals surface area contributed by atoms with Crippen LogP contribution in [0.25, 0.3) is 6.08 Å². The Morgan fingerprint density at radius 1 is 0.588 bits per heavy atom. The second-order valence-electron chi connectivity index (χ2n) is 19.3. The van der Waals surface area contributed by atoms with E-state index < -0.39 is 0 Å². The molecule has 0 spiro atoms. The zero-order chi connectivity index (χ0) is 33.7. The fourth-order valence-electron chi connectivity index (χ4n) is 14.0. The Bertz CT molecular complexity index is 1480. The van der Waals surface area contributed by atoms with Crippen LogP contribution >= 0.6 is 0 Å². The number of thiol groups is 1. The third kappa shape index (κ3) is 6.82. The number of quaternary nitrogens is 1. The SMILES string of the molecule is C1=Cc2cc3c(cc2CC1)C1CC=CC(C2NC(C4CCC(C5CCCCC5)CC4)NC(C4CCC(C5CCCC6CCCCC65)CC4)[NH2+]2)=C1[SH+]3. The Morgan fingerprint density at radius 2 is 1.25 bits per heavy atom. The molecule has 51 heavy (non-hydrogen) atoms. The topological polar surface area (TPSA) is 40.7 Å². The maximum atomic E-state index is 4.39. The molecule has 2 heterocycles. The van der Waals surface area contributed by atoms with Crippen LogP contribution in [0.3, 0.4) is 0 Å². The van der Waals surface area contributed by atoms with Crippen molar-refractivity contribution in [3.8, 4) is 0 Å². The van der Waals surface area contributed by atoms with Gasteiger partial charge in [0.15, 0.2) is 16.0 Å². The van der Waals surface area contributed by atoms with E-state index in [1.54, 1.807) is 52.2 Å². The highest BCUT2D eigenvalue weighted by Crippen LogP contribution is 2.51. The first-order valence-corrected chi connectivity index (χ1v) is 23.5. The summed E-state index contributed by atoms with van der Waals surface area (Å²) in [5.74, 6) is 8.42. The van der Waals surface area contributed by atoms with E-state index in [1.807, 2.05) is 0 Å². The normalized spacial score (nSPS) is 41.5. The molecule has 3 nitrogen and oxygen atoms in total. The molecule has 7 unspecified atom stereocenters. The maximum absolute atomic E-state index is 4.39. The summed E-state index contributed by atoms with van der Waals surface area (Å²) >= 11 is 1.48. The van der Waals surface area contributed by atoms with E-state index in [0.717, 1.165) is 47.3 Å². The van der Waals surface area contributed by atoms with Gasteiger partial charge >= 0.3 is 0 Å². The molecule has 0 aromatic heterocycles. The van der Waals surface area contributed by atoms with Gasteiger partial charge in [-0.25, -0.2) is 5.32 Å². The van der Waals surface area contributed by atoms with E-state index in [9.17, 15) is 0 Å². The zero-order valence-corrected chi connectivity index (χ0v) is 32.6. The van der Waals surface area contributed by atoms with E-state index >= 15 is 0 Å². The predicted molar refractivity (Wildman–Crippen MR) is 214 cm³/mol. The standard InChI is InChI=1S/C47H67N3S/c1-2-10-30(11-3-1)31-20-24-34(25-21-31)45-48-46(35-26-22-33(23-27-35)39-17-8-15-32-12-6-7-16-38(32)39)50-47(49-45)41-19-9-18-40-42-28-36-13-4-5-14-37(36)29-43(42)51-44(40)41/h5,9,14,19,28-35,38-40,45-50H,1-4,6-8,10-13,15-18,20-27H2/p+2. The number of fused-ring (bicyclic) bond motifs is 5. The minimum absolute atomic E-state index is 0.377. The van der Waals surface area contributed by atoms with Crippen molar-refractivity contribution in [2.24, 2.45) is 47.3 Å². The van der Waals surface area contributed by atoms with Gasteiger partial charge in [0.2, 0.25) is 0 Å². The van der Waals surface area contributed by atoms with Crippen LogP contribution in [0.2, 0.25) is 0 Å². The van der Waals surface area contributed by atoms with Gasteiger partial charge < -0.3 is 5.32 Å². The first-order valence-electron chi connectivity index (χ1n) is 22.6. The van der Waals surface area contributed by atoms with Gasteiger partial charge in [0.05, 0.1) is 17.7 Å². The molecule has 10 rings (SSSR count). The van der Waals surface area contributed by atoms with Gasteiger partial charge in [-0.3, -0.25) is 5.32 Å². The fourth-order valence-corrected chi connectivity index (χ4v) is 15.5. The van der Waals surface area contributed by atoms with Crippen LogP contribution in [0, 0.1) is 47.3 Å². The third-order valence-corrected chi connectivity index (χ3v) is 18.1. The average molecular weight is 708 g/mol. The Balaban J connectivity index is 0.878. The smallest absolute Gasteiger partial charge is 0.173 e. The maximum Gasteiger partial charge on any atom is 0.173 e. The molecule has 1 aromatic rings. The molecule has 9 aliphatic rings. The van der Waals surface area contributed by atoms with Crippen molar-refractivity contribution in [3.05, 3.63) is 57.5 Å². The van der Waals surface area contributed by atoms with E-state index in [2.05, 4.69) is 52.4 Å². The molecule has 0 radical (unpaired) electrons. The monoisotopic (exact) mass is 708 g/mol. The number of rotatable bonds is 5. The predicted octanol–water partition coefficient (Wildman–Crippen LogP) is 9.67. The molecule has 1 aromatic carbocycles. The van der Waals surface area contributed by atoms with Crippen molar-refractivity contribution in [3.63, 3.8) is 0 Å². The quantitative estimate of drug-likeness (QED) is 0.211. The van der Waals surface area contributed by atoms with E-state index in [4.69, 9.17) is 0 Å². The number of nitrogens with two attached hydrogens (primary N) is 1. The molecule has 276 valence electrons. The van der Waals surface area contributed by atoms with Crippen molar-refractivity contribution in [2.75, 3.05) is 0 Å². The molecular weight excluding hydrogens is 639 g/mol. The number of hydrogen-bond donors (Lipinski definition) is 3. The van der Waals surface area contributed by atoms with Gasteiger partial charge in [-0.1, -0.05) is 88.5 Å². The Labute approximate surface area is 314 Å². The Morgan fingerprint density at radius 3 is 2.12 bits per heavy atom. The highest BCUT2D eigenvalue weighted by atomic mass is 32.2. The third-order valence-electron chi connectivity index (χ3n) is 16.7. The van der Waals surface area contributed by atoms with Gasteiger partial charge in [0.1, 0.15) is 6.17 Å². The number of benzene rings is 1. The Hall–Kier alpha value is -1.33. The summed E-state index contributed by atoms with van der Waals surface area (Å²) in [6, 6.07) is 5.17. The summed E-state index contributed by atoms with van der Waals surface area (Å²) in [5.41, 5.74) is 6.35. The van der Waals surface area contributed by atoms with E-state index in [1.165, 1.54) is 139 Å². The van der Waals surface area contributed by atoms with E-state index in [0.29, 0.717) is 24.4 Å². The van der Waals surface area contributed by atoms with Crippen LogP contribution in [0.15, 0.2) is 45.7 Å². The molecule has 0 amide bonds. The lowest BCUT2D eigenvalue weighted by Crippen LogP contribution is -3.06. The van der Waals surface area contributed by atoms with Crippen molar-refractivity contribution in [1.82, 2.24) is 10.6 Å². The molecular formula is C47H69N3S+2. The summed E-state index contributed by atoms with van der Waals surface area (Å²) in [7, 11) is 0. The lowest BCUT2D eigenvalue weighted by Gasteiger charge is -2.48. The van der Waals surface area contributed by atoms with Gasteiger partial charge in [-0.2, -0.15) is 0 Å². The van der Waals surface area contributed by atoms with Crippen LogP contribution < -0.4 is 16.0 Å². The summed E-state index contributed by atoms with van der Waals surface area (Å²) in [6.45, 7) is 0. The number of hydrogen-bond acceptors (Lipinski definition) is 2. The molecule has 2 aliphatic heterocycles. The molecule has 4 heteroatoms. The minimum Gasteiger partial charge on any atom is -0.312 e. The summed E-state index contributed by atoms with van der Waals surface area (Å²) in [6.07, 6.45) is 44.8. The van der Waals surface area contributed by atoms with Gasteiger partial charge in [0, 0.05) is 29.3 Å². The fraction of sp³-hybridized carbons (Fsp3) is 0.745. The van der Waals surface area contributed by atoms with Gasteiger partial charge in [-0.15, -0.1) is 0 Å². The van der Waals surface area contributed by atoms with Crippen LogP contribution in [-0.4, -0.2) is 18.5 Å². The number of aryl methyl sites for hydroxylation is 1. The molecule has 4 N–H and O–H groups in total. The average Bonchev–Trinajstić information content (AvgIpc) is 3.57. The molecule has 1 saturated heterocycles. The van der Waals surface area contributed by atoms with Crippen molar-refractivity contribution >= 4 is 17.8 Å². The van der Waals surface area contributed by atoms with Gasteiger partial charge in [-0.05, 0) is 142 Å². The Kier molecular flexibility index (Phi) is 10.1. The highest BCUT2D eigenvalue weighted by molar-refractivity contribution is 7.83. The second-order valence-corrected chi connectivity index (χ2v) is 20.4. The molecule has 6 fully saturated rings. The van der Waals surface area contributed by atoms with Crippen LogP contribution in [-0.2, 0) is 18.2 Å². The first-order chi connectivity index (χ1) is 25.2. The lowest BCUT2D eigenvalue weighted by molar-refractivity contribution is -0.741. The molecule has 5 saturated carbocycles. The van der Waals surface area contributed by atoms with Crippen LogP contribution in [0.4, 0.5) is 0 Å². The van der Waals surface area contributed by atoms with Crippen molar-refractivity contribution in [1.29, 1.82) is 0 Å². The summed E-state index contributed by atoms with van der Waals surface area (Å²) in [5, 5.41) is 11.5. The first kappa shape index (κ1) is 34.2. The largest absolute Gasteiger partial charge is 0.312 e.